The van der Waals surface area contributed by atoms with E-state index in [1.807, 2.05) is 13.0 Å². The third kappa shape index (κ3) is 3.09. The lowest BCUT2D eigenvalue weighted by Crippen LogP contribution is -2.38. The van der Waals surface area contributed by atoms with E-state index >= 15 is 0 Å². The summed E-state index contributed by atoms with van der Waals surface area (Å²) in [7, 11) is 2.19. The molecule has 0 saturated carbocycles. The number of furan rings is 1. The van der Waals surface area contributed by atoms with E-state index in [0.29, 0.717) is 6.04 Å². The van der Waals surface area contributed by atoms with E-state index in [1.165, 1.54) is 25.8 Å². The fourth-order valence-corrected chi connectivity index (χ4v) is 2.32. The van der Waals surface area contributed by atoms with E-state index in [0.717, 1.165) is 24.6 Å². The minimum atomic E-state index is 0.646. The normalized spacial score (nSPS) is 22.3. The van der Waals surface area contributed by atoms with Crippen molar-refractivity contribution in [2.24, 2.45) is 0 Å². The van der Waals surface area contributed by atoms with E-state index < -0.39 is 0 Å². The number of hydrogen-bond donors (Lipinski definition) is 1. The molecule has 0 bridgehead atoms. The van der Waals surface area contributed by atoms with Gasteiger partial charge in [0.2, 0.25) is 0 Å². The number of rotatable bonds is 3. The molecule has 0 spiro atoms. The fraction of sp³-hybridized carbons (Fsp3) is 0.692. The lowest BCUT2D eigenvalue weighted by molar-refractivity contribution is 0.206. The van der Waals surface area contributed by atoms with Crippen LogP contribution in [-0.4, -0.2) is 31.1 Å². The fourth-order valence-electron chi connectivity index (χ4n) is 2.32. The molecule has 1 N–H and O–H groups in total. The van der Waals surface area contributed by atoms with Crippen molar-refractivity contribution in [3.63, 3.8) is 0 Å². The molecule has 0 radical (unpaired) electrons. The molecule has 3 heteroatoms. The summed E-state index contributed by atoms with van der Waals surface area (Å²) in [5.41, 5.74) is 0. The zero-order valence-electron chi connectivity index (χ0n) is 10.3. The molecular formula is C13H22N2O. The van der Waals surface area contributed by atoms with E-state index in [4.69, 9.17) is 4.42 Å². The molecule has 0 amide bonds. The number of hydrogen-bond acceptors (Lipinski definition) is 3. The maximum atomic E-state index is 5.61. The second-order valence-corrected chi connectivity index (χ2v) is 4.78. The molecule has 2 rings (SSSR count). The molecule has 0 aliphatic carbocycles. The van der Waals surface area contributed by atoms with Crippen LogP contribution in [0.15, 0.2) is 16.5 Å². The Bertz CT molecular complexity index is 313. The lowest BCUT2D eigenvalue weighted by atomic mass is 10.1. The van der Waals surface area contributed by atoms with Crippen LogP contribution in [0, 0.1) is 6.92 Å². The average Bonchev–Trinajstić information content (AvgIpc) is 2.56. The summed E-state index contributed by atoms with van der Waals surface area (Å²) < 4.78 is 5.61. The molecule has 1 unspecified atom stereocenters. The standard InChI is InChI=1S/C13H22N2O/c1-11-6-7-13(16-11)10-15(2)12-5-3-4-8-14-9-12/h6-7,12,14H,3-5,8-10H2,1-2H3. The summed E-state index contributed by atoms with van der Waals surface area (Å²) in [6.45, 7) is 5.19. The first-order valence-corrected chi connectivity index (χ1v) is 6.22. The SMILES string of the molecule is Cc1ccc(CN(C)C2CCCCNC2)o1. The highest BCUT2D eigenvalue weighted by Gasteiger charge is 2.17. The third-order valence-corrected chi connectivity index (χ3v) is 3.35. The Labute approximate surface area is 97.8 Å². The zero-order valence-corrected chi connectivity index (χ0v) is 10.3. The highest BCUT2D eigenvalue weighted by molar-refractivity contribution is 5.05. The van der Waals surface area contributed by atoms with Gasteiger partial charge in [0.15, 0.2) is 0 Å². The van der Waals surface area contributed by atoms with Crippen LogP contribution in [0.4, 0.5) is 0 Å². The minimum Gasteiger partial charge on any atom is -0.465 e. The van der Waals surface area contributed by atoms with Crippen LogP contribution in [-0.2, 0) is 6.54 Å². The summed E-state index contributed by atoms with van der Waals surface area (Å²) >= 11 is 0. The van der Waals surface area contributed by atoms with Crippen molar-refractivity contribution >= 4 is 0 Å². The Morgan fingerprint density at radius 1 is 1.44 bits per heavy atom. The molecule has 1 aromatic rings. The first-order chi connectivity index (χ1) is 7.75. The number of aryl methyl sites for hydroxylation is 1. The Hall–Kier alpha value is -0.800. The van der Waals surface area contributed by atoms with E-state index in [1.54, 1.807) is 0 Å². The van der Waals surface area contributed by atoms with Gasteiger partial charge in [-0.15, -0.1) is 0 Å². The van der Waals surface area contributed by atoms with Crippen molar-refractivity contribution in [3.05, 3.63) is 23.7 Å². The van der Waals surface area contributed by atoms with Gasteiger partial charge in [-0.1, -0.05) is 6.42 Å². The van der Waals surface area contributed by atoms with Gasteiger partial charge in [0.25, 0.3) is 0 Å². The van der Waals surface area contributed by atoms with Gasteiger partial charge in [-0.2, -0.15) is 0 Å². The van der Waals surface area contributed by atoms with Gasteiger partial charge >= 0.3 is 0 Å². The molecule has 1 aromatic heterocycles. The highest BCUT2D eigenvalue weighted by atomic mass is 16.3. The average molecular weight is 222 g/mol. The second kappa shape index (κ2) is 5.51. The molecule has 3 nitrogen and oxygen atoms in total. The van der Waals surface area contributed by atoms with Gasteiger partial charge in [0.05, 0.1) is 6.54 Å². The Morgan fingerprint density at radius 3 is 3.06 bits per heavy atom. The molecule has 1 aliphatic heterocycles. The van der Waals surface area contributed by atoms with E-state index in [-0.39, 0.29) is 0 Å². The molecule has 1 fully saturated rings. The molecule has 2 heterocycles. The predicted molar refractivity (Wildman–Crippen MR) is 65.4 cm³/mol. The summed E-state index contributed by atoms with van der Waals surface area (Å²) in [5, 5.41) is 3.50. The van der Waals surface area contributed by atoms with Gasteiger partial charge in [-0.05, 0) is 45.5 Å². The van der Waals surface area contributed by atoms with Crippen molar-refractivity contribution in [3.8, 4) is 0 Å². The van der Waals surface area contributed by atoms with Crippen molar-refractivity contribution in [2.45, 2.75) is 38.8 Å². The van der Waals surface area contributed by atoms with Crippen LogP contribution in [0.25, 0.3) is 0 Å². The summed E-state index contributed by atoms with van der Waals surface area (Å²) in [5.74, 6) is 2.08. The largest absolute Gasteiger partial charge is 0.465 e. The molecule has 1 atom stereocenters. The predicted octanol–water partition coefficient (Wildman–Crippen LogP) is 2.16. The maximum Gasteiger partial charge on any atom is 0.118 e. The van der Waals surface area contributed by atoms with Gasteiger partial charge in [0.1, 0.15) is 11.5 Å². The van der Waals surface area contributed by atoms with Gasteiger partial charge in [-0.25, -0.2) is 0 Å². The van der Waals surface area contributed by atoms with Crippen LogP contribution in [0.3, 0.4) is 0 Å². The number of nitrogens with one attached hydrogen (secondary N) is 1. The van der Waals surface area contributed by atoms with E-state index in [9.17, 15) is 0 Å². The Morgan fingerprint density at radius 2 is 2.31 bits per heavy atom. The summed E-state index contributed by atoms with van der Waals surface area (Å²) in [4.78, 5) is 2.40. The van der Waals surface area contributed by atoms with Crippen LogP contribution in [0.5, 0.6) is 0 Å². The van der Waals surface area contributed by atoms with Crippen molar-refractivity contribution in [1.29, 1.82) is 0 Å². The van der Waals surface area contributed by atoms with E-state index in [2.05, 4.69) is 23.3 Å². The third-order valence-electron chi connectivity index (χ3n) is 3.35. The maximum absolute atomic E-state index is 5.61. The van der Waals surface area contributed by atoms with Gasteiger partial charge in [-0.3, -0.25) is 4.90 Å². The molecule has 90 valence electrons. The topological polar surface area (TPSA) is 28.4 Å². The number of likely N-dealkylation sites (N-methyl/N-ethyl adjacent to an activating group) is 1. The monoisotopic (exact) mass is 222 g/mol. The number of nitrogens with zero attached hydrogens (tertiary/aromatic N) is 1. The molecular weight excluding hydrogens is 200 g/mol. The Kier molecular flexibility index (Phi) is 4.02. The van der Waals surface area contributed by atoms with Crippen LogP contribution in [0.1, 0.15) is 30.8 Å². The van der Waals surface area contributed by atoms with Crippen LogP contribution < -0.4 is 5.32 Å². The zero-order chi connectivity index (χ0) is 11.4. The lowest BCUT2D eigenvalue weighted by Gasteiger charge is -2.26. The molecule has 1 aliphatic rings. The smallest absolute Gasteiger partial charge is 0.118 e. The van der Waals surface area contributed by atoms with Crippen LogP contribution in [0.2, 0.25) is 0 Å². The van der Waals surface area contributed by atoms with Crippen molar-refractivity contribution in [1.82, 2.24) is 10.2 Å². The van der Waals surface area contributed by atoms with Gasteiger partial charge < -0.3 is 9.73 Å². The van der Waals surface area contributed by atoms with Crippen LogP contribution >= 0.6 is 0 Å². The highest BCUT2D eigenvalue weighted by Crippen LogP contribution is 2.14. The first kappa shape index (κ1) is 11.7. The minimum absolute atomic E-state index is 0.646. The molecule has 1 saturated heterocycles. The first-order valence-electron chi connectivity index (χ1n) is 6.22. The molecule has 0 aromatic carbocycles. The molecule has 16 heavy (non-hydrogen) atoms. The second-order valence-electron chi connectivity index (χ2n) is 4.78. The van der Waals surface area contributed by atoms with Crippen molar-refractivity contribution in [2.75, 3.05) is 20.1 Å². The van der Waals surface area contributed by atoms with Crippen molar-refractivity contribution < 1.29 is 4.42 Å². The summed E-state index contributed by atoms with van der Waals surface area (Å²) in [6.07, 6.45) is 3.94. The Balaban J connectivity index is 1.88. The quantitative estimate of drug-likeness (QED) is 0.849. The van der Waals surface area contributed by atoms with Gasteiger partial charge in [0, 0.05) is 12.6 Å². The summed E-state index contributed by atoms with van der Waals surface area (Å²) in [6, 6.07) is 4.76.